The van der Waals surface area contributed by atoms with E-state index in [0.717, 1.165) is 13.0 Å². The molecule has 0 spiro atoms. The van der Waals surface area contributed by atoms with E-state index in [2.05, 4.69) is 0 Å². The number of hydrogen-bond donors (Lipinski definition) is 0. The van der Waals surface area contributed by atoms with Crippen molar-refractivity contribution >= 4 is 0 Å². The molecule has 64 valence electrons. The van der Waals surface area contributed by atoms with Crippen molar-refractivity contribution in [2.45, 2.75) is 6.42 Å². The summed E-state index contributed by atoms with van der Waals surface area (Å²) in [6.45, 7) is 0.733. The van der Waals surface area contributed by atoms with Gasteiger partial charge in [-0.05, 0) is 30.7 Å². The summed E-state index contributed by atoms with van der Waals surface area (Å²) in [5, 5.41) is 0. The lowest BCUT2D eigenvalue weighted by molar-refractivity contribution is 0.286. The molecule has 0 radical (unpaired) electrons. The minimum absolute atomic E-state index is 0.733. The second-order valence-electron chi connectivity index (χ2n) is 2.21. The fraction of sp³-hybridized carbons (Fsp3) is 0.200. The second kappa shape index (κ2) is 6.28. The van der Waals surface area contributed by atoms with E-state index in [1.54, 1.807) is 18.8 Å². The van der Waals surface area contributed by atoms with Gasteiger partial charge >= 0.3 is 0 Å². The minimum Gasteiger partial charge on any atom is -0.497 e. The quantitative estimate of drug-likeness (QED) is 0.547. The molecule has 0 amide bonds. The van der Waals surface area contributed by atoms with Crippen LogP contribution in [0.15, 0.2) is 49.2 Å². The molecule has 0 saturated carbocycles. The molecule has 0 aromatic rings. The van der Waals surface area contributed by atoms with E-state index in [-0.39, 0.29) is 0 Å². The molecule has 0 aliphatic carbocycles. The van der Waals surface area contributed by atoms with Crippen LogP contribution in [-0.2, 0) is 9.47 Å². The van der Waals surface area contributed by atoms with Crippen molar-refractivity contribution in [3.63, 3.8) is 0 Å². The van der Waals surface area contributed by atoms with Crippen molar-refractivity contribution in [2.75, 3.05) is 6.61 Å². The molecule has 2 rings (SSSR count). The molecule has 0 bridgehead atoms. The normalized spacial score (nSPS) is 17.3. The highest BCUT2D eigenvalue weighted by atomic mass is 16.5. The standard InChI is InChI=1S/2C5H6O/c2*1-2-4-6-5-3-1/h2-5H,1H2;1-4H,5H2. The van der Waals surface area contributed by atoms with Crippen LogP contribution in [-0.4, -0.2) is 6.61 Å². The van der Waals surface area contributed by atoms with Crippen LogP contribution in [0.5, 0.6) is 0 Å². The molecule has 0 aromatic carbocycles. The van der Waals surface area contributed by atoms with Gasteiger partial charge in [0.25, 0.3) is 0 Å². The Kier molecular flexibility index (Phi) is 4.53. The van der Waals surface area contributed by atoms with Crippen LogP contribution in [0.2, 0.25) is 0 Å². The van der Waals surface area contributed by atoms with Crippen molar-refractivity contribution in [2.24, 2.45) is 0 Å². The molecular formula is C10H12O2. The topological polar surface area (TPSA) is 18.5 Å². The van der Waals surface area contributed by atoms with Crippen LogP contribution < -0.4 is 0 Å². The van der Waals surface area contributed by atoms with Gasteiger partial charge in [-0.25, -0.2) is 0 Å². The predicted octanol–water partition coefficient (Wildman–Crippen LogP) is 2.52. The molecule has 0 atom stereocenters. The molecule has 0 aromatic heterocycles. The van der Waals surface area contributed by atoms with Gasteiger partial charge in [-0.1, -0.05) is 6.08 Å². The Morgan fingerprint density at radius 3 is 1.83 bits per heavy atom. The van der Waals surface area contributed by atoms with E-state index in [9.17, 15) is 0 Å². The summed E-state index contributed by atoms with van der Waals surface area (Å²) in [6.07, 6.45) is 15.8. The number of hydrogen-bond acceptors (Lipinski definition) is 2. The van der Waals surface area contributed by atoms with Crippen LogP contribution in [0, 0.1) is 0 Å². The molecule has 0 unspecified atom stereocenters. The fourth-order valence-corrected chi connectivity index (χ4v) is 0.692. The van der Waals surface area contributed by atoms with Crippen LogP contribution in [0.3, 0.4) is 0 Å². The highest BCUT2D eigenvalue weighted by Crippen LogP contribution is 1.93. The third kappa shape index (κ3) is 4.39. The van der Waals surface area contributed by atoms with E-state index in [4.69, 9.17) is 9.47 Å². The van der Waals surface area contributed by atoms with E-state index in [1.165, 1.54) is 0 Å². The third-order valence-corrected chi connectivity index (χ3v) is 1.24. The van der Waals surface area contributed by atoms with Crippen molar-refractivity contribution in [3.8, 4) is 0 Å². The molecule has 2 heterocycles. The molecule has 0 fully saturated rings. The lowest BCUT2D eigenvalue weighted by Crippen LogP contribution is -1.82. The van der Waals surface area contributed by atoms with E-state index < -0.39 is 0 Å². The molecule has 12 heavy (non-hydrogen) atoms. The summed E-state index contributed by atoms with van der Waals surface area (Å²) in [6, 6.07) is 0. The molecule has 2 aliphatic rings. The molecule has 2 aliphatic heterocycles. The number of rotatable bonds is 0. The second-order valence-corrected chi connectivity index (χ2v) is 2.21. The van der Waals surface area contributed by atoms with E-state index in [0.29, 0.717) is 0 Å². The summed E-state index contributed by atoms with van der Waals surface area (Å²) in [4.78, 5) is 0. The maximum Gasteiger partial charge on any atom is 0.106 e. The van der Waals surface area contributed by atoms with Crippen LogP contribution in [0.25, 0.3) is 0 Å². The minimum atomic E-state index is 0.733. The molecular weight excluding hydrogens is 152 g/mol. The van der Waals surface area contributed by atoms with Crippen LogP contribution >= 0.6 is 0 Å². The van der Waals surface area contributed by atoms with Gasteiger partial charge in [-0.3, -0.25) is 0 Å². The molecule has 2 nitrogen and oxygen atoms in total. The Morgan fingerprint density at radius 1 is 0.833 bits per heavy atom. The van der Waals surface area contributed by atoms with Gasteiger partial charge in [0, 0.05) is 0 Å². The summed E-state index contributed by atoms with van der Waals surface area (Å²) in [5.41, 5.74) is 0. The summed E-state index contributed by atoms with van der Waals surface area (Å²) in [5.74, 6) is 0. The Morgan fingerprint density at radius 2 is 1.67 bits per heavy atom. The Labute approximate surface area is 72.5 Å². The van der Waals surface area contributed by atoms with E-state index in [1.807, 2.05) is 30.4 Å². The van der Waals surface area contributed by atoms with Crippen LogP contribution in [0.1, 0.15) is 6.42 Å². The summed E-state index contributed by atoms with van der Waals surface area (Å²) >= 11 is 0. The van der Waals surface area contributed by atoms with Gasteiger partial charge in [0.1, 0.15) is 6.61 Å². The van der Waals surface area contributed by atoms with Crippen molar-refractivity contribution in [1.82, 2.24) is 0 Å². The fourth-order valence-electron chi connectivity index (χ4n) is 0.692. The maximum atomic E-state index is 4.80. The largest absolute Gasteiger partial charge is 0.497 e. The zero-order chi connectivity index (χ0) is 8.49. The van der Waals surface area contributed by atoms with Crippen molar-refractivity contribution < 1.29 is 9.47 Å². The average molecular weight is 164 g/mol. The van der Waals surface area contributed by atoms with Crippen molar-refractivity contribution in [3.05, 3.63) is 49.2 Å². The molecule has 0 saturated heterocycles. The highest BCUT2D eigenvalue weighted by molar-refractivity contribution is 5.03. The van der Waals surface area contributed by atoms with Gasteiger partial charge in [0.05, 0.1) is 18.8 Å². The molecule has 2 heteroatoms. The first-order chi connectivity index (χ1) is 6.00. The lowest BCUT2D eigenvalue weighted by atomic mass is 10.4. The first kappa shape index (κ1) is 8.65. The van der Waals surface area contributed by atoms with Gasteiger partial charge in [-0.15, -0.1) is 0 Å². The van der Waals surface area contributed by atoms with Crippen molar-refractivity contribution in [1.29, 1.82) is 0 Å². The summed E-state index contributed by atoms with van der Waals surface area (Å²) in [7, 11) is 0. The van der Waals surface area contributed by atoms with E-state index >= 15 is 0 Å². The Bertz CT molecular complexity index is 180. The first-order valence-corrected chi connectivity index (χ1v) is 3.89. The van der Waals surface area contributed by atoms with Gasteiger partial charge in [0.2, 0.25) is 0 Å². The lowest BCUT2D eigenvalue weighted by Gasteiger charge is -1.94. The Hall–Kier alpha value is -1.44. The van der Waals surface area contributed by atoms with Gasteiger partial charge in [-0.2, -0.15) is 0 Å². The number of allylic oxidation sites excluding steroid dienone is 4. The van der Waals surface area contributed by atoms with Gasteiger partial charge < -0.3 is 9.47 Å². The zero-order valence-corrected chi connectivity index (χ0v) is 6.85. The zero-order valence-electron chi connectivity index (χ0n) is 6.85. The predicted molar refractivity (Wildman–Crippen MR) is 48.2 cm³/mol. The first-order valence-electron chi connectivity index (χ1n) is 3.89. The smallest absolute Gasteiger partial charge is 0.106 e. The highest BCUT2D eigenvalue weighted by Gasteiger charge is 1.76. The third-order valence-electron chi connectivity index (χ3n) is 1.24. The summed E-state index contributed by atoms with van der Waals surface area (Å²) < 4.78 is 9.51. The maximum absolute atomic E-state index is 4.80. The number of ether oxygens (including phenoxy) is 2. The Balaban J connectivity index is 0.000000120. The molecule has 0 N–H and O–H groups in total. The van der Waals surface area contributed by atoms with Gasteiger partial charge in [0.15, 0.2) is 0 Å². The van der Waals surface area contributed by atoms with Crippen LogP contribution in [0.4, 0.5) is 0 Å². The SMILES string of the molecule is C1=CCOC=C1.C1=COC=CC1. The average Bonchev–Trinajstić information content (AvgIpc) is 2.24. The monoisotopic (exact) mass is 164 g/mol.